The summed E-state index contributed by atoms with van der Waals surface area (Å²) in [7, 11) is 1.81. The van der Waals surface area contributed by atoms with E-state index in [9.17, 15) is 0 Å². The summed E-state index contributed by atoms with van der Waals surface area (Å²) in [6, 6.07) is 0. The third kappa shape index (κ3) is 4.87. The lowest BCUT2D eigenvalue weighted by atomic mass is 9.83. The Morgan fingerprint density at radius 3 is 1.83 bits per heavy atom. The SMILES string of the molecule is COCC1CCC(COCC2CCOCC2)CC1. The summed E-state index contributed by atoms with van der Waals surface area (Å²) in [5.74, 6) is 2.32. The highest BCUT2D eigenvalue weighted by atomic mass is 16.5. The molecule has 2 fully saturated rings. The molecule has 0 amide bonds. The van der Waals surface area contributed by atoms with E-state index in [4.69, 9.17) is 14.2 Å². The van der Waals surface area contributed by atoms with Gasteiger partial charge in [-0.15, -0.1) is 0 Å². The van der Waals surface area contributed by atoms with Gasteiger partial charge in [0.05, 0.1) is 0 Å². The molecule has 0 bridgehead atoms. The molecule has 3 heteroatoms. The number of hydrogen-bond donors (Lipinski definition) is 0. The van der Waals surface area contributed by atoms with Crippen LogP contribution in [-0.2, 0) is 14.2 Å². The first-order valence-corrected chi connectivity index (χ1v) is 7.53. The Hall–Kier alpha value is -0.120. The van der Waals surface area contributed by atoms with Crippen molar-refractivity contribution >= 4 is 0 Å². The Kier molecular flexibility index (Phi) is 6.46. The third-order valence-electron chi connectivity index (χ3n) is 4.42. The second-order valence-electron chi connectivity index (χ2n) is 5.94. The minimum absolute atomic E-state index is 0.739. The molecule has 0 radical (unpaired) electrons. The largest absolute Gasteiger partial charge is 0.384 e. The van der Waals surface area contributed by atoms with Crippen LogP contribution in [0.25, 0.3) is 0 Å². The van der Waals surface area contributed by atoms with Gasteiger partial charge in [-0.1, -0.05) is 0 Å². The fourth-order valence-electron chi connectivity index (χ4n) is 3.11. The highest BCUT2D eigenvalue weighted by Gasteiger charge is 2.21. The molecular formula is C15H28O3. The second kappa shape index (κ2) is 8.13. The lowest BCUT2D eigenvalue weighted by Gasteiger charge is -2.28. The third-order valence-corrected chi connectivity index (χ3v) is 4.42. The summed E-state index contributed by atoms with van der Waals surface area (Å²) in [6.45, 7) is 4.71. The van der Waals surface area contributed by atoms with E-state index in [1.807, 2.05) is 7.11 Å². The van der Waals surface area contributed by atoms with Crippen molar-refractivity contribution in [3.63, 3.8) is 0 Å². The van der Waals surface area contributed by atoms with E-state index in [1.165, 1.54) is 38.5 Å². The standard InChI is InChI=1S/C15H28O3/c1-16-10-13-2-4-14(5-3-13)11-18-12-15-6-8-17-9-7-15/h13-15H,2-12H2,1H3. The van der Waals surface area contributed by atoms with Gasteiger partial charge in [-0.2, -0.15) is 0 Å². The Balaban J connectivity index is 1.52. The number of hydrogen-bond acceptors (Lipinski definition) is 3. The molecule has 1 aliphatic carbocycles. The van der Waals surface area contributed by atoms with Crippen LogP contribution in [0.1, 0.15) is 38.5 Å². The molecule has 0 N–H and O–H groups in total. The van der Waals surface area contributed by atoms with Crippen LogP contribution in [0.15, 0.2) is 0 Å². The molecule has 1 heterocycles. The molecule has 0 aromatic rings. The first-order valence-electron chi connectivity index (χ1n) is 7.53. The van der Waals surface area contributed by atoms with Gasteiger partial charge in [0.25, 0.3) is 0 Å². The van der Waals surface area contributed by atoms with Crippen molar-refractivity contribution < 1.29 is 14.2 Å². The summed E-state index contributed by atoms with van der Waals surface area (Å²) < 4.78 is 16.5. The van der Waals surface area contributed by atoms with Gasteiger partial charge in [0.1, 0.15) is 0 Å². The number of methoxy groups -OCH3 is 1. The van der Waals surface area contributed by atoms with E-state index in [-0.39, 0.29) is 0 Å². The molecule has 106 valence electrons. The van der Waals surface area contributed by atoms with Crippen LogP contribution in [0.5, 0.6) is 0 Å². The summed E-state index contributed by atoms with van der Waals surface area (Å²) in [6.07, 6.45) is 7.64. The first-order chi connectivity index (χ1) is 8.88. The van der Waals surface area contributed by atoms with Crippen molar-refractivity contribution in [2.24, 2.45) is 17.8 Å². The topological polar surface area (TPSA) is 27.7 Å². The fourth-order valence-corrected chi connectivity index (χ4v) is 3.11. The minimum Gasteiger partial charge on any atom is -0.384 e. The van der Waals surface area contributed by atoms with E-state index in [2.05, 4.69) is 0 Å². The zero-order chi connectivity index (χ0) is 12.6. The quantitative estimate of drug-likeness (QED) is 0.731. The predicted octanol–water partition coefficient (Wildman–Crippen LogP) is 2.88. The van der Waals surface area contributed by atoms with Crippen LogP contribution in [0, 0.1) is 17.8 Å². The van der Waals surface area contributed by atoms with Crippen molar-refractivity contribution in [3.05, 3.63) is 0 Å². The van der Waals surface area contributed by atoms with E-state index < -0.39 is 0 Å². The smallest absolute Gasteiger partial charge is 0.0496 e. The molecule has 0 spiro atoms. The molecule has 1 saturated heterocycles. The molecule has 1 saturated carbocycles. The van der Waals surface area contributed by atoms with Crippen LogP contribution >= 0.6 is 0 Å². The number of rotatable bonds is 6. The molecule has 2 aliphatic rings. The Morgan fingerprint density at radius 1 is 0.778 bits per heavy atom. The molecule has 18 heavy (non-hydrogen) atoms. The average molecular weight is 256 g/mol. The van der Waals surface area contributed by atoms with Crippen LogP contribution in [-0.4, -0.2) is 40.1 Å². The molecule has 1 aliphatic heterocycles. The van der Waals surface area contributed by atoms with Crippen LogP contribution in [0.3, 0.4) is 0 Å². The van der Waals surface area contributed by atoms with Crippen molar-refractivity contribution in [3.8, 4) is 0 Å². The molecule has 2 rings (SSSR count). The Morgan fingerprint density at radius 2 is 1.28 bits per heavy atom. The zero-order valence-electron chi connectivity index (χ0n) is 11.7. The first kappa shape index (κ1) is 14.3. The van der Waals surface area contributed by atoms with Crippen molar-refractivity contribution in [1.82, 2.24) is 0 Å². The molecule has 0 unspecified atom stereocenters. The lowest BCUT2D eigenvalue weighted by molar-refractivity contribution is 0.00399. The maximum absolute atomic E-state index is 5.92. The average Bonchev–Trinajstić information content (AvgIpc) is 2.42. The monoisotopic (exact) mass is 256 g/mol. The van der Waals surface area contributed by atoms with Gasteiger partial charge in [-0.05, 0) is 56.3 Å². The van der Waals surface area contributed by atoms with Gasteiger partial charge < -0.3 is 14.2 Å². The molecule has 0 atom stereocenters. The summed E-state index contributed by atoms with van der Waals surface area (Å²) in [5, 5.41) is 0. The summed E-state index contributed by atoms with van der Waals surface area (Å²) in [4.78, 5) is 0. The maximum atomic E-state index is 5.92. The zero-order valence-corrected chi connectivity index (χ0v) is 11.7. The number of ether oxygens (including phenoxy) is 3. The Labute approximate surface area is 111 Å². The van der Waals surface area contributed by atoms with Crippen molar-refractivity contribution in [2.45, 2.75) is 38.5 Å². The van der Waals surface area contributed by atoms with E-state index >= 15 is 0 Å². The lowest BCUT2D eigenvalue weighted by Crippen LogP contribution is -2.24. The normalized spacial score (nSPS) is 30.5. The predicted molar refractivity (Wildman–Crippen MR) is 71.7 cm³/mol. The molecular weight excluding hydrogens is 228 g/mol. The van der Waals surface area contributed by atoms with Crippen LogP contribution < -0.4 is 0 Å². The molecule has 0 aromatic heterocycles. The maximum Gasteiger partial charge on any atom is 0.0496 e. The fraction of sp³-hybridized carbons (Fsp3) is 1.00. The van der Waals surface area contributed by atoms with E-state index in [1.54, 1.807) is 0 Å². The van der Waals surface area contributed by atoms with Crippen molar-refractivity contribution in [1.29, 1.82) is 0 Å². The van der Waals surface area contributed by atoms with Gasteiger partial charge >= 0.3 is 0 Å². The summed E-state index contributed by atoms with van der Waals surface area (Å²) >= 11 is 0. The molecule has 3 nitrogen and oxygen atoms in total. The Bertz CT molecular complexity index is 206. The van der Waals surface area contributed by atoms with Crippen LogP contribution in [0.4, 0.5) is 0 Å². The highest BCUT2D eigenvalue weighted by molar-refractivity contribution is 4.72. The van der Waals surface area contributed by atoms with Gasteiger partial charge in [0, 0.05) is 40.1 Å². The van der Waals surface area contributed by atoms with Gasteiger partial charge in [0.15, 0.2) is 0 Å². The van der Waals surface area contributed by atoms with E-state index in [0.717, 1.165) is 50.8 Å². The van der Waals surface area contributed by atoms with Crippen molar-refractivity contribution in [2.75, 3.05) is 40.1 Å². The van der Waals surface area contributed by atoms with Gasteiger partial charge in [0.2, 0.25) is 0 Å². The van der Waals surface area contributed by atoms with Gasteiger partial charge in [-0.25, -0.2) is 0 Å². The van der Waals surface area contributed by atoms with E-state index in [0.29, 0.717) is 0 Å². The molecule has 0 aromatic carbocycles. The summed E-state index contributed by atoms with van der Waals surface area (Å²) in [5.41, 5.74) is 0. The second-order valence-corrected chi connectivity index (χ2v) is 5.94. The highest BCUT2D eigenvalue weighted by Crippen LogP contribution is 2.29. The van der Waals surface area contributed by atoms with Gasteiger partial charge in [-0.3, -0.25) is 0 Å². The minimum atomic E-state index is 0.739. The van der Waals surface area contributed by atoms with Crippen LogP contribution in [0.2, 0.25) is 0 Å².